The van der Waals surface area contributed by atoms with Crippen LogP contribution in [0.15, 0.2) is 66.8 Å². The van der Waals surface area contributed by atoms with Crippen LogP contribution in [0.4, 0.5) is 10.5 Å². The lowest BCUT2D eigenvalue weighted by atomic mass is 9.92. The molecular weight excluding hydrogens is 426 g/mol. The Kier molecular flexibility index (Phi) is 7.03. The number of nitrogens with one attached hydrogen (secondary N) is 1. The number of benzene rings is 2. The van der Waals surface area contributed by atoms with Crippen LogP contribution in [0.2, 0.25) is 0 Å². The molecule has 0 bridgehead atoms. The van der Waals surface area contributed by atoms with E-state index in [4.69, 9.17) is 9.47 Å². The number of hydrogen-bond donors (Lipinski definition) is 1. The van der Waals surface area contributed by atoms with Crippen LogP contribution >= 0.6 is 0 Å². The van der Waals surface area contributed by atoms with Crippen molar-refractivity contribution in [3.63, 3.8) is 0 Å². The third-order valence-electron chi connectivity index (χ3n) is 6.24. The SMILES string of the molecule is C=C/C(=C\C)COC(=O)Nc1ccc(-c2c(C#N)c3cc(OCC)ccc3n2C2CCC2)cc1. The second-order valence-electron chi connectivity index (χ2n) is 8.25. The van der Waals surface area contributed by atoms with E-state index in [1.807, 2.05) is 56.3 Å². The van der Waals surface area contributed by atoms with Gasteiger partial charge in [0.25, 0.3) is 0 Å². The number of carbonyl (C=O) groups excluding carboxylic acids is 1. The highest BCUT2D eigenvalue weighted by Gasteiger charge is 2.28. The molecule has 6 nitrogen and oxygen atoms in total. The molecule has 1 saturated carbocycles. The van der Waals surface area contributed by atoms with Gasteiger partial charge in [0.05, 0.1) is 23.4 Å². The van der Waals surface area contributed by atoms with Gasteiger partial charge < -0.3 is 14.0 Å². The first-order valence-corrected chi connectivity index (χ1v) is 11.6. The Balaban J connectivity index is 1.66. The minimum absolute atomic E-state index is 0.167. The molecule has 2 aromatic carbocycles. The molecule has 1 N–H and O–H groups in total. The normalized spacial score (nSPS) is 13.7. The van der Waals surface area contributed by atoms with E-state index >= 15 is 0 Å². The lowest BCUT2D eigenvalue weighted by Crippen LogP contribution is -2.18. The molecule has 0 atom stereocenters. The average molecular weight is 456 g/mol. The molecule has 1 amide bonds. The second-order valence-corrected chi connectivity index (χ2v) is 8.25. The van der Waals surface area contributed by atoms with E-state index in [9.17, 15) is 10.1 Å². The summed E-state index contributed by atoms with van der Waals surface area (Å²) in [4.78, 5) is 12.1. The summed E-state index contributed by atoms with van der Waals surface area (Å²) in [5.74, 6) is 0.763. The molecule has 0 spiro atoms. The Bertz CT molecular complexity index is 1270. The van der Waals surface area contributed by atoms with Crippen molar-refractivity contribution in [3.8, 4) is 23.1 Å². The minimum atomic E-state index is -0.529. The van der Waals surface area contributed by atoms with Crippen molar-refractivity contribution in [3.05, 3.63) is 72.3 Å². The van der Waals surface area contributed by atoms with Gasteiger partial charge in [0.2, 0.25) is 0 Å². The lowest BCUT2D eigenvalue weighted by molar-refractivity contribution is 0.172. The number of hydrogen-bond acceptors (Lipinski definition) is 4. The zero-order valence-corrected chi connectivity index (χ0v) is 19.6. The predicted octanol–water partition coefficient (Wildman–Crippen LogP) is 6.98. The van der Waals surface area contributed by atoms with Crippen LogP contribution in [0.3, 0.4) is 0 Å². The van der Waals surface area contributed by atoms with Crippen LogP contribution in [0, 0.1) is 11.3 Å². The number of nitriles is 1. The number of nitrogens with zero attached hydrogens (tertiary/aromatic N) is 2. The van der Waals surface area contributed by atoms with Crippen molar-refractivity contribution >= 4 is 22.7 Å². The smallest absolute Gasteiger partial charge is 0.411 e. The summed E-state index contributed by atoms with van der Waals surface area (Å²) in [6.07, 6.45) is 6.36. The number of allylic oxidation sites excluding steroid dienone is 1. The van der Waals surface area contributed by atoms with E-state index < -0.39 is 6.09 Å². The van der Waals surface area contributed by atoms with Crippen LogP contribution in [-0.2, 0) is 4.74 Å². The molecule has 1 aromatic heterocycles. The van der Waals surface area contributed by atoms with E-state index in [1.54, 1.807) is 6.08 Å². The number of carbonyl (C=O) groups is 1. The molecular formula is C28H29N3O3. The van der Waals surface area contributed by atoms with Gasteiger partial charge in [-0.25, -0.2) is 4.79 Å². The molecule has 1 aliphatic rings. The van der Waals surface area contributed by atoms with Crippen molar-refractivity contribution in [2.45, 2.75) is 39.2 Å². The highest BCUT2D eigenvalue weighted by molar-refractivity contribution is 5.96. The van der Waals surface area contributed by atoms with E-state index in [1.165, 1.54) is 6.42 Å². The summed E-state index contributed by atoms with van der Waals surface area (Å²) in [6.45, 7) is 8.25. The van der Waals surface area contributed by atoms with Crippen molar-refractivity contribution in [2.24, 2.45) is 0 Å². The maximum Gasteiger partial charge on any atom is 0.411 e. The molecule has 3 aromatic rings. The summed E-state index contributed by atoms with van der Waals surface area (Å²) >= 11 is 0. The van der Waals surface area contributed by atoms with E-state index in [-0.39, 0.29) is 6.61 Å². The van der Waals surface area contributed by atoms with E-state index in [0.29, 0.717) is 23.9 Å². The number of amides is 1. The first-order chi connectivity index (χ1) is 16.6. The summed E-state index contributed by atoms with van der Waals surface area (Å²) in [5, 5.41) is 13.8. The Morgan fingerprint density at radius 1 is 1.26 bits per heavy atom. The number of rotatable bonds is 8. The fraction of sp³-hybridized carbons (Fsp3) is 0.286. The molecule has 4 rings (SSSR count). The Labute approximate surface area is 200 Å². The topological polar surface area (TPSA) is 76.3 Å². The van der Waals surface area contributed by atoms with E-state index in [2.05, 4.69) is 28.6 Å². The molecule has 1 aliphatic carbocycles. The van der Waals surface area contributed by atoms with Crippen LogP contribution in [-0.4, -0.2) is 23.9 Å². The van der Waals surface area contributed by atoms with Crippen LogP contribution in [0.25, 0.3) is 22.2 Å². The third-order valence-corrected chi connectivity index (χ3v) is 6.24. The van der Waals surface area contributed by atoms with Gasteiger partial charge in [-0.2, -0.15) is 5.26 Å². The lowest BCUT2D eigenvalue weighted by Gasteiger charge is -2.30. The fourth-order valence-electron chi connectivity index (χ4n) is 4.25. The van der Waals surface area contributed by atoms with Crippen LogP contribution in [0.1, 0.15) is 44.7 Å². The van der Waals surface area contributed by atoms with Gasteiger partial charge >= 0.3 is 6.09 Å². The van der Waals surface area contributed by atoms with Crippen LogP contribution in [0.5, 0.6) is 5.75 Å². The minimum Gasteiger partial charge on any atom is -0.494 e. The maximum absolute atomic E-state index is 12.1. The standard InChI is InChI=1S/C28H29N3O3/c1-4-19(5-2)18-34-28(32)30-21-12-10-20(11-13-21)27-25(17-29)24-16-23(33-6-3)14-15-26(24)31(27)22-8-7-9-22/h4-5,10-16,22H,1,6-9,18H2,2-3H3,(H,30,32)/b19-5+. The predicted molar refractivity (Wildman–Crippen MR) is 135 cm³/mol. The van der Waals surface area contributed by atoms with Crippen molar-refractivity contribution in [1.82, 2.24) is 4.57 Å². The van der Waals surface area contributed by atoms with Crippen molar-refractivity contribution in [2.75, 3.05) is 18.5 Å². The highest BCUT2D eigenvalue weighted by Crippen LogP contribution is 2.43. The Morgan fingerprint density at radius 2 is 2.03 bits per heavy atom. The number of aromatic nitrogens is 1. The van der Waals surface area contributed by atoms with Gasteiger partial charge in [0, 0.05) is 17.1 Å². The third kappa shape index (κ3) is 4.55. The monoisotopic (exact) mass is 455 g/mol. The van der Waals surface area contributed by atoms with Crippen LogP contribution < -0.4 is 10.1 Å². The number of anilines is 1. The largest absolute Gasteiger partial charge is 0.494 e. The average Bonchev–Trinajstić information content (AvgIpc) is 3.12. The van der Waals surface area contributed by atoms with Crippen molar-refractivity contribution < 1.29 is 14.3 Å². The summed E-state index contributed by atoms with van der Waals surface area (Å²) in [5.41, 5.74) is 5.00. The molecule has 0 unspecified atom stereocenters. The number of fused-ring (bicyclic) bond motifs is 1. The number of ether oxygens (including phenoxy) is 2. The van der Waals surface area contributed by atoms with Gasteiger partial charge in [-0.1, -0.05) is 30.9 Å². The molecule has 34 heavy (non-hydrogen) atoms. The fourth-order valence-corrected chi connectivity index (χ4v) is 4.25. The molecule has 174 valence electrons. The first-order valence-electron chi connectivity index (χ1n) is 11.6. The quantitative estimate of drug-likeness (QED) is 0.372. The summed E-state index contributed by atoms with van der Waals surface area (Å²) in [7, 11) is 0. The zero-order valence-electron chi connectivity index (χ0n) is 19.6. The molecule has 1 heterocycles. The van der Waals surface area contributed by atoms with Gasteiger partial charge in [-0.3, -0.25) is 5.32 Å². The second kappa shape index (κ2) is 10.3. The first kappa shape index (κ1) is 23.2. The molecule has 1 fully saturated rings. The maximum atomic E-state index is 12.1. The molecule has 0 saturated heterocycles. The molecule has 0 radical (unpaired) electrons. The highest BCUT2D eigenvalue weighted by atomic mass is 16.5. The summed E-state index contributed by atoms with van der Waals surface area (Å²) in [6, 6.07) is 16.3. The van der Waals surface area contributed by atoms with Gasteiger partial charge in [0.15, 0.2) is 0 Å². The van der Waals surface area contributed by atoms with Gasteiger partial charge in [-0.15, -0.1) is 0 Å². The van der Waals surface area contributed by atoms with E-state index in [0.717, 1.165) is 46.3 Å². The molecule has 0 aliphatic heterocycles. The van der Waals surface area contributed by atoms with Gasteiger partial charge in [0.1, 0.15) is 18.4 Å². The van der Waals surface area contributed by atoms with Crippen molar-refractivity contribution in [1.29, 1.82) is 5.26 Å². The Hall–Kier alpha value is -3.98. The molecule has 6 heteroatoms. The Morgan fingerprint density at radius 3 is 2.62 bits per heavy atom. The van der Waals surface area contributed by atoms with Gasteiger partial charge in [-0.05, 0) is 74.6 Å². The summed E-state index contributed by atoms with van der Waals surface area (Å²) < 4.78 is 13.2. The zero-order chi connectivity index (χ0) is 24.1.